The van der Waals surface area contributed by atoms with Gasteiger partial charge in [0.05, 0.1) is 21.5 Å². The maximum Gasteiger partial charge on any atom is 0.338 e. The van der Waals surface area contributed by atoms with Gasteiger partial charge in [-0.2, -0.15) is 0 Å². The highest BCUT2D eigenvalue weighted by Crippen LogP contribution is 2.34. The van der Waals surface area contributed by atoms with E-state index >= 15 is 0 Å². The van der Waals surface area contributed by atoms with Crippen molar-refractivity contribution in [2.24, 2.45) is 0 Å². The zero-order chi connectivity index (χ0) is 22.0. The number of carboxylic acid groups (broad SMARTS) is 1. The maximum atomic E-state index is 12.9. The van der Waals surface area contributed by atoms with Crippen LogP contribution in [0.5, 0.6) is 0 Å². The van der Waals surface area contributed by atoms with Gasteiger partial charge in [0.2, 0.25) is 0 Å². The van der Waals surface area contributed by atoms with Gasteiger partial charge in [0.25, 0.3) is 10.0 Å². The van der Waals surface area contributed by atoms with Crippen molar-refractivity contribution in [3.63, 3.8) is 0 Å². The predicted molar refractivity (Wildman–Crippen MR) is 121 cm³/mol. The number of nitrogens with zero attached hydrogens (tertiary/aromatic N) is 2. The molecule has 4 aromatic rings. The molecule has 8 nitrogen and oxygen atoms in total. The maximum absolute atomic E-state index is 12.9. The first-order chi connectivity index (χ1) is 14.9. The van der Waals surface area contributed by atoms with Gasteiger partial charge in [-0.1, -0.05) is 37.3 Å². The van der Waals surface area contributed by atoms with Crippen molar-refractivity contribution < 1.29 is 18.3 Å². The van der Waals surface area contributed by atoms with E-state index in [4.69, 9.17) is 0 Å². The lowest BCUT2D eigenvalue weighted by molar-refractivity contribution is 0.0698. The first-order valence-corrected chi connectivity index (χ1v) is 11.6. The van der Waals surface area contributed by atoms with Gasteiger partial charge in [0, 0.05) is 4.88 Å². The molecule has 2 aromatic heterocycles. The summed E-state index contributed by atoms with van der Waals surface area (Å²) in [6, 6.07) is 16.5. The molecule has 2 aromatic carbocycles. The quantitative estimate of drug-likeness (QED) is 0.376. The lowest BCUT2D eigenvalue weighted by Crippen LogP contribution is -2.16. The molecular formula is C21H18N4O4S2. The van der Waals surface area contributed by atoms with E-state index in [1.54, 1.807) is 48.5 Å². The number of benzene rings is 2. The Balaban J connectivity index is 1.81. The first kappa shape index (κ1) is 20.8. The Hall–Kier alpha value is -3.50. The van der Waals surface area contributed by atoms with E-state index in [0.29, 0.717) is 22.5 Å². The molecule has 0 saturated heterocycles. The highest BCUT2D eigenvalue weighted by molar-refractivity contribution is 7.92. The summed E-state index contributed by atoms with van der Waals surface area (Å²) in [5.74, 6) is -0.992. The number of anilines is 3. The highest BCUT2D eigenvalue weighted by Gasteiger charge is 2.21. The molecule has 10 heteroatoms. The van der Waals surface area contributed by atoms with Gasteiger partial charge in [0.1, 0.15) is 5.00 Å². The average Bonchev–Trinajstić information content (AvgIpc) is 3.18. The van der Waals surface area contributed by atoms with Crippen LogP contribution in [0.15, 0.2) is 65.6 Å². The predicted octanol–water partition coefficient (Wildman–Crippen LogP) is 4.50. The zero-order valence-electron chi connectivity index (χ0n) is 16.4. The van der Waals surface area contributed by atoms with Crippen LogP contribution in [0, 0.1) is 0 Å². The van der Waals surface area contributed by atoms with E-state index in [0.717, 1.165) is 4.88 Å². The van der Waals surface area contributed by atoms with Crippen molar-refractivity contribution in [1.29, 1.82) is 0 Å². The Morgan fingerprint density at radius 3 is 2.23 bits per heavy atom. The number of fused-ring (bicyclic) bond motifs is 1. The third-order valence-electron chi connectivity index (χ3n) is 4.45. The molecule has 3 N–H and O–H groups in total. The molecule has 4 rings (SSSR count). The van der Waals surface area contributed by atoms with Crippen LogP contribution in [-0.2, 0) is 16.4 Å². The number of sulfonamides is 1. The lowest BCUT2D eigenvalue weighted by atomic mass is 10.2. The lowest BCUT2D eigenvalue weighted by Gasteiger charge is -2.13. The minimum Gasteiger partial charge on any atom is -0.478 e. The number of para-hydroxylation sites is 2. The highest BCUT2D eigenvalue weighted by atomic mass is 32.2. The van der Waals surface area contributed by atoms with Gasteiger partial charge < -0.3 is 10.4 Å². The molecule has 0 spiro atoms. The molecule has 0 aliphatic heterocycles. The fraction of sp³-hybridized carbons (Fsp3) is 0.0952. The van der Waals surface area contributed by atoms with Crippen LogP contribution in [0.1, 0.15) is 22.2 Å². The summed E-state index contributed by atoms with van der Waals surface area (Å²) in [4.78, 5) is 21.5. The van der Waals surface area contributed by atoms with E-state index in [-0.39, 0.29) is 22.1 Å². The number of aromatic carboxylic acids is 1. The summed E-state index contributed by atoms with van der Waals surface area (Å²) in [6.45, 7) is 1.93. The van der Waals surface area contributed by atoms with Gasteiger partial charge in [-0.15, -0.1) is 11.3 Å². The average molecular weight is 455 g/mol. The number of hydrogen-bond acceptors (Lipinski definition) is 7. The zero-order valence-corrected chi connectivity index (χ0v) is 18.0. The van der Waals surface area contributed by atoms with Crippen LogP contribution in [0.25, 0.3) is 11.0 Å². The second kappa shape index (κ2) is 8.32. The number of hydrogen-bond donors (Lipinski definition) is 3. The third-order valence-corrected chi connectivity index (χ3v) is 7.00. The number of aromatic nitrogens is 2. The molecule has 0 aliphatic carbocycles. The molecule has 0 amide bonds. The standard InChI is InChI=1S/C21H18N4O4S2/c1-2-13-12-15(21(26)27)20(30-13)24-18-19(23-17-11-7-6-10-16(17)22-18)25-31(28,29)14-8-4-3-5-9-14/h3-12H,2H2,1H3,(H,22,24)(H,23,25)(H,26,27). The fourth-order valence-corrected chi connectivity index (χ4v) is 4.94. The summed E-state index contributed by atoms with van der Waals surface area (Å²) < 4.78 is 28.2. The molecule has 158 valence electrons. The van der Waals surface area contributed by atoms with Crippen molar-refractivity contribution >= 4 is 55.0 Å². The second-order valence-electron chi connectivity index (χ2n) is 6.57. The smallest absolute Gasteiger partial charge is 0.338 e. The van der Waals surface area contributed by atoms with Crippen molar-refractivity contribution in [3.05, 3.63) is 71.1 Å². The summed E-state index contributed by atoms with van der Waals surface area (Å²) >= 11 is 1.27. The summed E-state index contributed by atoms with van der Waals surface area (Å²) in [7, 11) is -3.93. The van der Waals surface area contributed by atoms with E-state index in [9.17, 15) is 18.3 Å². The van der Waals surface area contributed by atoms with Gasteiger partial charge in [-0.05, 0) is 36.8 Å². The minimum atomic E-state index is -3.93. The molecule has 0 saturated carbocycles. The molecule has 0 fully saturated rings. The molecule has 0 bridgehead atoms. The Kier molecular flexibility index (Phi) is 5.57. The second-order valence-corrected chi connectivity index (χ2v) is 9.39. The summed E-state index contributed by atoms with van der Waals surface area (Å²) in [5, 5.41) is 12.9. The van der Waals surface area contributed by atoms with E-state index < -0.39 is 16.0 Å². The van der Waals surface area contributed by atoms with E-state index in [1.165, 1.54) is 23.5 Å². The van der Waals surface area contributed by atoms with Crippen LogP contribution in [-0.4, -0.2) is 29.5 Å². The number of nitrogens with one attached hydrogen (secondary N) is 2. The number of aryl methyl sites for hydroxylation is 1. The molecule has 0 radical (unpaired) electrons. The molecule has 31 heavy (non-hydrogen) atoms. The Bertz CT molecular complexity index is 1370. The molecule has 0 atom stereocenters. The van der Waals surface area contributed by atoms with Crippen LogP contribution in [0.2, 0.25) is 0 Å². The van der Waals surface area contributed by atoms with Crippen LogP contribution >= 0.6 is 11.3 Å². The van der Waals surface area contributed by atoms with Gasteiger partial charge >= 0.3 is 5.97 Å². The number of carboxylic acids is 1. The Morgan fingerprint density at radius 2 is 1.61 bits per heavy atom. The number of thiophene rings is 1. The normalized spacial score (nSPS) is 11.4. The Morgan fingerprint density at radius 1 is 1.00 bits per heavy atom. The van der Waals surface area contributed by atoms with E-state index in [1.807, 2.05) is 6.92 Å². The fourth-order valence-electron chi connectivity index (χ4n) is 2.92. The first-order valence-electron chi connectivity index (χ1n) is 9.35. The summed E-state index contributed by atoms with van der Waals surface area (Å²) in [5.41, 5.74) is 1.13. The summed E-state index contributed by atoms with van der Waals surface area (Å²) in [6.07, 6.45) is 0.670. The molecular weight excluding hydrogens is 436 g/mol. The number of carbonyl (C=O) groups is 1. The van der Waals surface area contributed by atoms with Crippen molar-refractivity contribution in [2.75, 3.05) is 10.0 Å². The van der Waals surface area contributed by atoms with Crippen LogP contribution < -0.4 is 10.0 Å². The van der Waals surface area contributed by atoms with Crippen LogP contribution in [0.3, 0.4) is 0 Å². The SMILES string of the molecule is CCc1cc(C(=O)O)c(Nc2nc3ccccc3nc2NS(=O)(=O)c2ccccc2)s1. The van der Waals surface area contributed by atoms with Crippen molar-refractivity contribution in [2.45, 2.75) is 18.2 Å². The molecule has 0 unspecified atom stereocenters. The van der Waals surface area contributed by atoms with Crippen molar-refractivity contribution in [3.8, 4) is 0 Å². The molecule has 2 heterocycles. The van der Waals surface area contributed by atoms with Gasteiger partial charge in [0.15, 0.2) is 11.6 Å². The monoisotopic (exact) mass is 454 g/mol. The Labute approximate surface area is 182 Å². The van der Waals surface area contributed by atoms with E-state index in [2.05, 4.69) is 20.0 Å². The topological polar surface area (TPSA) is 121 Å². The minimum absolute atomic E-state index is 0.0228. The number of rotatable bonds is 7. The van der Waals surface area contributed by atoms with Gasteiger partial charge in [-0.25, -0.2) is 23.2 Å². The van der Waals surface area contributed by atoms with Crippen LogP contribution in [0.4, 0.5) is 16.6 Å². The molecule has 0 aliphatic rings. The van der Waals surface area contributed by atoms with Gasteiger partial charge in [-0.3, -0.25) is 4.72 Å². The van der Waals surface area contributed by atoms with Crippen molar-refractivity contribution in [1.82, 2.24) is 9.97 Å². The largest absolute Gasteiger partial charge is 0.478 e. The third kappa shape index (κ3) is 4.35.